The third-order valence-electron chi connectivity index (χ3n) is 10.5. The van der Waals surface area contributed by atoms with E-state index in [0.717, 1.165) is 72.8 Å². The number of hydrogen-bond acceptors (Lipinski definition) is 3. The van der Waals surface area contributed by atoms with Gasteiger partial charge in [-0.05, 0) is 75.5 Å². The maximum absolute atomic E-state index is 5.31. The molecule has 4 heteroatoms. The molecule has 0 amide bonds. The van der Waals surface area contributed by atoms with Crippen LogP contribution in [-0.2, 0) is 0 Å². The Morgan fingerprint density at radius 2 is 0.849 bits per heavy atom. The summed E-state index contributed by atoms with van der Waals surface area (Å²) in [5.41, 5.74) is 16.9. The van der Waals surface area contributed by atoms with Crippen LogP contribution in [0, 0.1) is 0 Å². The van der Waals surface area contributed by atoms with Crippen molar-refractivity contribution in [2.45, 2.75) is 0 Å². The third-order valence-corrected chi connectivity index (χ3v) is 10.5. The van der Waals surface area contributed by atoms with Crippen LogP contribution in [0.1, 0.15) is 0 Å². The standard InChI is InChI=1S/C49H30N4/c1-2-13-32-28-36(27-26-31(32)12-1)47-46(50-42-22-6-7-23-43(42)51-47)35-16-9-14-33(29-35)34-15-10-17-37(30-34)49-52-44-24-11-21-41-39-19-4-3-18-38(39)40-20-5-8-25-45(40)53(49)48(41)44/h1-30H. The lowest BCUT2D eigenvalue weighted by Gasteiger charge is -2.14. The molecule has 0 N–H and O–H groups in total. The number of para-hydroxylation sites is 4. The number of imidazole rings is 1. The molecule has 3 heterocycles. The summed E-state index contributed by atoms with van der Waals surface area (Å²) in [6, 6.07) is 64.4. The van der Waals surface area contributed by atoms with Crippen molar-refractivity contribution in [3.63, 3.8) is 0 Å². The molecule has 0 spiro atoms. The molecule has 2 aromatic heterocycles. The predicted octanol–water partition coefficient (Wildman–Crippen LogP) is 12.4. The molecule has 0 atom stereocenters. The fourth-order valence-corrected chi connectivity index (χ4v) is 8.04. The minimum absolute atomic E-state index is 0.862. The highest BCUT2D eigenvalue weighted by Gasteiger charge is 2.25. The first-order chi connectivity index (χ1) is 26.3. The van der Waals surface area contributed by atoms with Crippen molar-refractivity contribution in [1.82, 2.24) is 19.5 Å². The van der Waals surface area contributed by atoms with Crippen LogP contribution in [0.25, 0.3) is 106 Å². The largest absolute Gasteiger partial charge is 0.291 e. The fraction of sp³-hybridized carbons (Fsp3) is 0. The summed E-state index contributed by atoms with van der Waals surface area (Å²) in [6.45, 7) is 0. The fourth-order valence-electron chi connectivity index (χ4n) is 8.04. The van der Waals surface area contributed by atoms with Crippen molar-refractivity contribution in [3.8, 4) is 73.0 Å². The highest BCUT2D eigenvalue weighted by atomic mass is 15.1. The highest BCUT2D eigenvalue weighted by Crippen LogP contribution is 2.45. The lowest BCUT2D eigenvalue weighted by Crippen LogP contribution is -1.99. The van der Waals surface area contributed by atoms with E-state index in [0.29, 0.717) is 0 Å². The van der Waals surface area contributed by atoms with Crippen molar-refractivity contribution in [3.05, 3.63) is 182 Å². The summed E-state index contributed by atoms with van der Waals surface area (Å²) in [4.78, 5) is 15.7. The summed E-state index contributed by atoms with van der Waals surface area (Å²) >= 11 is 0. The molecule has 0 saturated carbocycles. The van der Waals surface area contributed by atoms with Crippen LogP contribution in [0.5, 0.6) is 0 Å². The van der Waals surface area contributed by atoms with E-state index in [1.807, 2.05) is 24.3 Å². The van der Waals surface area contributed by atoms with Gasteiger partial charge in [0.2, 0.25) is 0 Å². The van der Waals surface area contributed by atoms with Gasteiger partial charge in [0.05, 0.1) is 39.1 Å². The molecule has 0 bridgehead atoms. The average molecular weight is 675 g/mol. The Kier molecular flexibility index (Phi) is 6.52. The first-order valence-corrected chi connectivity index (χ1v) is 17.9. The normalized spacial score (nSPS) is 11.8. The molecule has 53 heavy (non-hydrogen) atoms. The molecule has 246 valence electrons. The number of fused-ring (bicyclic) bond motifs is 7. The molecule has 0 saturated heterocycles. The summed E-state index contributed by atoms with van der Waals surface area (Å²) in [7, 11) is 0. The van der Waals surface area contributed by atoms with Gasteiger partial charge in [-0.25, -0.2) is 15.0 Å². The highest BCUT2D eigenvalue weighted by molar-refractivity contribution is 6.04. The molecule has 1 aliphatic heterocycles. The summed E-state index contributed by atoms with van der Waals surface area (Å²) in [5, 5.41) is 2.38. The van der Waals surface area contributed by atoms with Gasteiger partial charge in [-0.3, -0.25) is 4.57 Å². The summed E-state index contributed by atoms with van der Waals surface area (Å²) in [6.07, 6.45) is 0. The molecule has 0 fully saturated rings. The predicted molar refractivity (Wildman–Crippen MR) is 218 cm³/mol. The Hall–Kier alpha value is -7.17. The number of benzene rings is 8. The van der Waals surface area contributed by atoms with Gasteiger partial charge in [-0.2, -0.15) is 0 Å². The molecular weight excluding hydrogens is 645 g/mol. The second-order valence-electron chi connectivity index (χ2n) is 13.6. The van der Waals surface area contributed by atoms with Gasteiger partial charge in [0.1, 0.15) is 5.82 Å². The van der Waals surface area contributed by atoms with Crippen molar-refractivity contribution in [2.75, 3.05) is 0 Å². The maximum Gasteiger partial charge on any atom is 0.145 e. The molecule has 0 unspecified atom stereocenters. The second-order valence-corrected chi connectivity index (χ2v) is 13.6. The molecule has 0 radical (unpaired) electrons. The van der Waals surface area contributed by atoms with E-state index in [2.05, 4.69) is 162 Å². The topological polar surface area (TPSA) is 43.6 Å². The Morgan fingerprint density at radius 1 is 0.321 bits per heavy atom. The molecule has 11 rings (SSSR count). The number of aromatic nitrogens is 4. The quantitative estimate of drug-likeness (QED) is 0.187. The molecule has 1 aliphatic rings. The van der Waals surface area contributed by atoms with E-state index < -0.39 is 0 Å². The Balaban J connectivity index is 1.07. The smallest absolute Gasteiger partial charge is 0.145 e. The Bertz CT molecular complexity index is 3080. The van der Waals surface area contributed by atoms with Gasteiger partial charge in [-0.15, -0.1) is 0 Å². The Labute approximate surface area is 306 Å². The van der Waals surface area contributed by atoms with Crippen LogP contribution in [-0.4, -0.2) is 19.5 Å². The van der Waals surface area contributed by atoms with Crippen molar-refractivity contribution < 1.29 is 0 Å². The van der Waals surface area contributed by atoms with E-state index in [9.17, 15) is 0 Å². The number of hydrogen-bond donors (Lipinski definition) is 0. The lowest BCUT2D eigenvalue weighted by atomic mass is 9.94. The van der Waals surface area contributed by atoms with Gasteiger partial charge in [0, 0.05) is 27.8 Å². The first-order valence-electron chi connectivity index (χ1n) is 17.9. The van der Waals surface area contributed by atoms with E-state index in [-0.39, 0.29) is 0 Å². The monoisotopic (exact) mass is 674 g/mol. The molecule has 4 nitrogen and oxygen atoms in total. The molecule has 10 aromatic rings. The zero-order chi connectivity index (χ0) is 34.9. The van der Waals surface area contributed by atoms with Crippen molar-refractivity contribution in [1.29, 1.82) is 0 Å². The van der Waals surface area contributed by atoms with Crippen LogP contribution in [0.15, 0.2) is 182 Å². The van der Waals surface area contributed by atoms with Gasteiger partial charge in [-0.1, -0.05) is 140 Å². The molecule has 8 aromatic carbocycles. The van der Waals surface area contributed by atoms with Gasteiger partial charge in [0.15, 0.2) is 0 Å². The van der Waals surface area contributed by atoms with E-state index >= 15 is 0 Å². The van der Waals surface area contributed by atoms with Crippen molar-refractivity contribution >= 4 is 32.8 Å². The summed E-state index contributed by atoms with van der Waals surface area (Å²) in [5.74, 6) is 0.921. The van der Waals surface area contributed by atoms with E-state index in [1.54, 1.807) is 0 Å². The van der Waals surface area contributed by atoms with Gasteiger partial charge >= 0.3 is 0 Å². The number of nitrogens with zero attached hydrogens (tertiary/aromatic N) is 4. The number of rotatable bonds is 4. The minimum atomic E-state index is 0.862. The van der Waals surface area contributed by atoms with Gasteiger partial charge < -0.3 is 0 Å². The van der Waals surface area contributed by atoms with E-state index in [1.165, 1.54) is 33.0 Å². The van der Waals surface area contributed by atoms with Crippen LogP contribution in [0.2, 0.25) is 0 Å². The average Bonchev–Trinajstić information content (AvgIpc) is 3.57. The summed E-state index contributed by atoms with van der Waals surface area (Å²) < 4.78 is 2.36. The van der Waals surface area contributed by atoms with Crippen LogP contribution in [0.4, 0.5) is 0 Å². The third kappa shape index (κ3) is 4.73. The van der Waals surface area contributed by atoms with Gasteiger partial charge in [0.25, 0.3) is 0 Å². The maximum atomic E-state index is 5.31. The SMILES string of the molecule is c1cc(-c2cccc(-c3nc4cccc5c4n3-c3ccccc3-c3ccccc3-5)c2)cc(-c2nc3ccccc3nc2-c2ccc3ccccc3c2)c1. The lowest BCUT2D eigenvalue weighted by molar-refractivity contribution is 1.11. The zero-order valence-corrected chi connectivity index (χ0v) is 28.6. The minimum Gasteiger partial charge on any atom is -0.291 e. The Morgan fingerprint density at radius 3 is 1.62 bits per heavy atom. The van der Waals surface area contributed by atoms with Crippen LogP contribution >= 0.6 is 0 Å². The molecular formula is C49H30N4. The molecule has 0 aliphatic carbocycles. The van der Waals surface area contributed by atoms with Crippen LogP contribution in [0.3, 0.4) is 0 Å². The van der Waals surface area contributed by atoms with Crippen molar-refractivity contribution in [2.24, 2.45) is 0 Å². The van der Waals surface area contributed by atoms with E-state index in [4.69, 9.17) is 15.0 Å². The second kappa shape index (κ2) is 11.7. The zero-order valence-electron chi connectivity index (χ0n) is 28.6. The van der Waals surface area contributed by atoms with Crippen LogP contribution < -0.4 is 0 Å². The first kappa shape index (κ1) is 29.5.